The van der Waals surface area contributed by atoms with Gasteiger partial charge < -0.3 is 9.84 Å². The topological polar surface area (TPSA) is 46.5 Å². The van der Waals surface area contributed by atoms with Crippen LogP contribution in [0.3, 0.4) is 0 Å². The van der Waals surface area contributed by atoms with Gasteiger partial charge in [0.05, 0.1) is 17.8 Å². The maximum absolute atomic E-state index is 13.4. The number of carbonyl (C=O) groups is 1. The number of fused-ring (bicyclic) bond motifs is 1. The number of carboxylic acids is 1. The highest BCUT2D eigenvalue weighted by atomic mass is 35.5. The van der Waals surface area contributed by atoms with E-state index in [0.29, 0.717) is 14.1 Å². The summed E-state index contributed by atoms with van der Waals surface area (Å²) in [5.74, 6) is -4.80. The molecule has 1 N–H and O–H groups in total. The second kappa shape index (κ2) is 6.58. The molecule has 2 rings (SSSR count). The number of hydrogen-bond acceptors (Lipinski definition) is 2. The standard InChI is InChI=1S/C12H8Cl2F2O3.CH3F/c1-12(15,16)10-7(11(17)18)4-6-8(14)2-5(13)3-9(6)19-10;1-2/h2-4,10H,1H3,(H,17,18);1H3. The maximum Gasteiger partial charge on any atom is 0.335 e. The molecule has 0 amide bonds. The molecule has 1 aliphatic heterocycles. The Morgan fingerprint density at radius 1 is 1.33 bits per heavy atom. The molecule has 1 aromatic carbocycles. The van der Waals surface area contributed by atoms with Gasteiger partial charge in [-0.2, -0.15) is 0 Å². The van der Waals surface area contributed by atoms with Crippen LogP contribution >= 0.6 is 23.2 Å². The largest absolute Gasteiger partial charge is 0.478 e. The number of halogens is 5. The van der Waals surface area contributed by atoms with Crippen molar-refractivity contribution in [2.75, 3.05) is 7.18 Å². The molecule has 0 bridgehead atoms. The fraction of sp³-hybridized carbons (Fsp3) is 0.308. The quantitative estimate of drug-likeness (QED) is 0.862. The molecule has 0 fully saturated rings. The van der Waals surface area contributed by atoms with Crippen LogP contribution in [-0.2, 0) is 4.79 Å². The summed E-state index contributed by atoms with van der Waals surface area (Å²) in [5.41, 5.74) is -0.326. The molecule has 0 saturated carbocycles. The fourth-order valence-corrected chi connectivity index (χ4v) is 2.30. The molecule has 1 heterocycles. The number of rotatable bonds is 2. The Labute approximate surface area is 128 Å². The molecule has 1 unspecified atom stereocenters. The van der Waals surface area contributed by atoms with Crippen molar-refractivity contribution >= 4 is 35.2 Å². The van der Waals surface area contributed by atoms with E-state index in [1.54, 1.807) is 0 Å². The number of hydrogen-bond donors (Lipinski definition) is 1. The molecule has 0 saturated heterocycles. The zero-order valence-corrected chi connectivity index (χ0v) is 12.5. The lowest BCUT2D eigenvalue weighted by molar-refractivity contribution is -0.137. The van der Waals surface area contributed by atoms with Gasteiger partial charge >= 0.3 is 5.97 Å². The van der Waals surface area contributed by atoms with Gasteiger partial charge in [0.25, 0.3) is 5.92 Å². The van der Waals surface area contributed by atoms with Crippen molar-refractivity contribution in [2.45, 2.75) is 19.0 Å². The van der Waals surface area contributed by atoms with Gasteiger partial charge in [0.1, 0.15) is 5.75 Å². The van der Waals surface area contributed by atoms with Crippen molar-refractivity contribution < 1.29 is 27.8 Å². The smallest absolute Gasteiger partial charge is 0.335 e. The van der Waals surface area contributed by atoms with Crippen molar-refractivity contribution in [3.8, 4) is 5.75 Å². The van der Waals surface area contributed by atoms with Crippen LogP contribution in [0.5, 0.6) is 5.75 Å². The van der Waals surface area contributed by atoms with Crippen LogP contribution < -0.4 is 4.74 Å². The van der Waals surface area contributed by atoms with Crippen LogP contribution in [0.4, 0.5) is 13.2 Å². The highest BCUT2D eigenvalue weighted by molar-refractivity contribution is 6.36. The zero-order chi connectivity index (χ0) is 16.4. The van der Waals surface area contributed by atoms with Gasteiger partial charge in [-0.05, 0) is 18.2 Å². The molecule has 0 aromatic heterocycles. The monoisotopic (exact) mass is 342 g/mol. The summed E-state index contributed by atoms with van der Waals surface area (Å²) < 4.78 is 41.4. The Morgan fingerprint density at radius 2 is 1.90 bits per heavy atom. The first-order chi connectivity index (χ1) is 9.70. The third-order valence-corrected chi connectivity index (χ3v) is 3.12. The molecule has 116 valence electrons. The number of benzene rings is 1. The SMILES string of the molecule is CC(F)(F)C1Oc2cc(Cl)cc(Cl)c2C=C1C(=O)O.CF. The molecular weight excluding hydrogens is 332 g/mol. The lowest BCUT2D eigenvalue weighted by Crippen LogP contribution is -2.41. The molecule has 0 spiro atoms. The zero-order valence-electron chi connectivity index (χ0n) is 11.0. The van der Waals surface area contributed by atoms with Gasteiger partial charge in [-0.15, -0.1) is 0 Å². The molecule has 0 radical (unpaired) electrons. The first kappa shape index (κ1) is 17.7. The fourth-order valence-electron chi connectivity index (χ4n) is 1.77. The van der Waals surface area contributed by atoms with Gasteiger partial charge in [0.15, 0.2) is 6.10 Å². The second-order valence-corrected chi connectivity index (χ2v) is 5.00. The van der Waals surface area contributed by atoms with E-state index < -0.39 is 23.6 Å². The average molecular weight is 343 g/mol. The summed E-state index contributed by atoms with van der Waals surface area (Å²) in [6.45, 7) is 0.589. The molecule has 3 nitrogen and oxygen atoms in total. The van der Waals surface area contributed by atoms with Crippen molar-refractivity contribution in [3.63, 3.8) is 0 Å². The van der Waals surface area contributed by atoms with Crippen LogP contribution in [0, 0.1) is 0 Å². The summed E-state index contributed by atoms with van der Waals surface area (Å²) in [4.78, 5) is 11.0. The third-order valence-electron chi connectivity index (χ3n) is 2.59. The van der Waals surface area contributed by atoms with E-state index >= 15 is 0 Å². The molecule has 1 aliphatic rings. The Morgan fingerprint density at radius 3 is 2.38 bits per heavy atom. The Bertz CT molecular complexity index is 583. The van der Waals surface area contributed by atoms with Gasteiger partial charge in [0.2, 0.25) is 0 Å². The van der Waals surface area contributed by atoms with Gasteiger partial charge in [-0.3, -0.25) is 4.39 Å². The van der Waals surface area contributed by atoms with Crippen molar-refractivity contribution in [1.82, 2.24) is 0 Å². The number of ether oxygens (including phenoxy) is 1. The summed E-state index contributed by atoms with van der Waals surface area (Å²) in [7, 11) is 0.500. The Kier molecular flexibility index (Phi) is 5.53. The lowest BCUT2D eigenvalue weighted by Gasteiger charge is -2.29. The molecule has 0 aliphatic carbocycles. The van der Waals surface area contributed by atoms with E-state index in [1.807, 2.05) is 0 Å². The highest BCUT2D eigenvalue weighted by Crippen LogP contribution is 2.40. The Hall–Kier alpha value is -1.40. The summed E-state index contributed by atoms with van der Waals surface area (Å²) in [6.07, 6.45) is -0.797. The molecule has 1 aromatic rings. The molecule has 8 heteroatoms. The lowest BCUT2D eigenvalue weighted by atomic mass is 9.98. The number of aliphatic carboxylic acids is 1. The number of carboxylic acid groups (broad SMARTS) is 1. The predicted molar refractivity (Wildman–Crippen MR) is 74.1 cm³/mol. The Balaban J connectivity index is 0.00000106. The summed E-state index contributed by atoms with van der Waals surface area (Å²) >= 11 is 11.6. The van der Waals surface area contributed by atoms with Crippen LogP contribution in [-0.4, -0.2) is 30.3 Å². The molecule has 1 atom stereocenters. The van der Waals surface area contributed by atoms with E-state index in [0.717, 1.165) is 6.08 Å². The van der Waals surface area contributed by atoms with E-state index in [-0.39, 0.29) is 21.4 Å². The maximum atomic E-state index is 13.4. The predicted octanol–water partition coefficient (Wildman–Crippen LogP) is 4.46. The van der Waals surface area contributed by atoms with E-state index in [4.69, 9.17) is 33.0 Å². The van der Waals surface area contributed by atoms with Crippen molar-refractivity contribution in [1.29, 1.82) is 0 Å². The minimum absolute atomic E-state index is 0.0361. The van der Waals surface area contributed by atoms with Crippen LogP contribution in [0.1, 0.15) is 12.5 Å². The van der Waals surface area contributed by atoms with Gasteiger partial charge in [-0.1, -0.05) is 23.2 Å². The summed E-state index contributed by atoms with van der Waals surface area (Å²) in [5, 5.41) is 9.35. The minimum atomic E-state index is -3.35. The first-order valence-electron chi connectivity index (χ1n) is 5.56. The first-order valence-corrected chi connectivity index (χ1v) is 6.32. The van der Waals surface area contributed by atoms with Crippen molar-refractivity contribution in [2.24, 2.45) is 0 Å². The number of alkyl halides is 3. The minimum Gasteiger partial charge on any atom is -0.478 e. The normalized spacial score (nSPS) is 16.9. The van der Waals surface area contributed by atoms with E-state index in [2.05, 4.69) is 0 Å². The van der Waals surface area contributed by atoms with Crippen molar-refractivity contribution in [3.05, 3.63) is 33.3 Å². The van der Waals surface area contributed by atoms with Crippen LogP contribution in [0.25, 0.3) is 6.08 Å². The average Bonchev–Trinajstić information content (AvgIpc) is 2.38. The highest BCUT2D eigenvalue weighted by Gasteiger charge is 2.44. The van der Waals surface area contributed by atoms with Gasteiger partial charge in [0, 0.05) is 17.5 Å². The third kappa shape index (κ3) is 3.83. The summed E-state index contributed by atoms with van der Waals surface area (Å²) in [6, 6.07) is 2.70. The van der Waals surface area contributed by atoms with Crippen LogP contribution in [0.15, 0.2) is 17.7 Å². The molecule has 21 heavy (non-hydrogen) atoms. The van der Waals surface area contributed by atoms with Gasteiger partial charge in [-0.25, -0.2) is 13.6 Å². The van der Waals surface area contributed by atoms with E-state index in [1.165, 1.54) is 12.1 Å². The molecular formula is C13H11Cl2F3O3. The van der Waals surface area contributed by atoms with E-state index in [9.17, 15) is 18.0 Å². The van der Waals surface area contributed by atoms with Crippen LogP contribution in [0.2, 0.25) is 10.0 Å². The second-order valence-electron chi connectivity index (χ2n) is 4.16.